The van der Waals surface area contributed by atoms with Crippen LogP contribution in [0, 0.1) is 10.8 Å². The minimum Gasteiger partial charge on any atom is -0.462 e. The predicted molar refractivity (Wildman–Crippen MR) is 194 cm³/mol. The van der Waals surface area contributed by atoms with E-state index in [0.717, 1.165) is 0 Å². The van der Waals surface area contributed by atoms with Gasteiger partial charge in [-0.25, -0.2) is 9.59 Å². The average molecular weight is 802 g/mol. The van der Waals surface area contributed by atoms with E-state index >= 15 is 0 Å². The quantitative estimate of drug-likeness (QED) is 0.112. The van der Waals surface area contributed by atoms with E-state index in [2.05, 4.69) is 10.6 Å². The number of hydrogen-bond acceptors (Lipinski definition) is 16. The smallest absolute Gasteiger partial charge is 0.348 e. The number of nitrogens with one attached hydrogen (secondary N) is 2. The number of carbonyl (C=O) groups is 6. The molecule has 18 heteroatoms. The molecule has 1 aliphatic carbocycles. The molecule has 57 heavy (non-hydrogen) atoms. The fraction of sp³-hybridized carbons (Fsp3) is 0.641. The Kier molecular flexibility index (Phi) is 12.1. The third kappa shape index (κ3) is 8.85. The van der Waals surface area contributed by atoms with Gasteiger partial charge in [-0.15, -0.1) is 0 Å². The van der Waals surface area contributed by atoms with Crippen LogP contribution in [-0.4, -0.2) is 131 Å². The summed E-state index contributed by atoms with van der Waals surface area (Å²) < 4.78 is 33.2. The predicted octanol–water partition coefficient (Wildman–Crippen LogP) is 0.201. The standard InChI is InChI=1S/C39H51N3O15/c1-20(44)27(33(47)40-23(17-43)11-13-26(46)56-37(2,3)4)41-36(50)39-15-24-28-29(53-19-52-28)31(39)57-42(30(39)34(48)54-24)16-22-9-7-8-21(14-22)10-12-25(45)55-32-35(49)51-18-38(32,5)6/h7-10,12,14,20,23-24,27-32,43-44H,11,13,15-19H2,1-6H3,(H,40,47)(H,41,50). The Bertz CT molecular complexity index is 1770. The molecule has 1 saturated carbocycles. The van der Waals surface area contributed by atoms with Crippen molar-refractivity contribution in [2.75, 3.05) is 20.0 Å². The molecule has 4 heterocycles. The van der Waals surface area contributed by atoms with Gasteiger partial charge in [0.15, 0.2) is 6.04 Å². The summed E-state index contributed by atoms with van der Waals surface area (Å²) in [7, 11) is 0. The number of ether oxygens (including phenoxy) is 6. The highest BCUT2D eigenvalue weighted by Gasteiger charge is 2.75. The van der Waals surface area contributed by atoms with E-state index in [0.29, 0.717) is 11.1 Å². The molecule has 6 rings (SSSR count). The molecule has 4 saturated heterocycles. The number of benzene rings is 1. The van der Waals surface area contributed by atoms with Gasteiger partial charge in [-0.3, -0.25) is 24.0 Å². The molecule has 2 bridgehead atoms. The van der Waals surface area contributed by atoms with Crippen molar-refractivity contribution in [3.05, 3.63) is 41.5 Å². The summed E-state index contributed by atoms with van der Waals surface area (Å²) >= 11 is 0. The average Bonchev–Trinajstić information content (AvgIpc) is 3.83. The monoisotopic (exact) mass is 801 g/mol. The number of carbonyl (C=O) groups excluding carboxylic acids is 6. The fourth-order valence-electron chi connectivity index (χ4n) is 7.93. The number of cyclic esters (lactones) is 1. The second-order valence-electron chi connectivity index (χ2n) is 16.8. The maximum absolute atomic E-state index is 14.6. The van der Waals surface area contributed by atoms with Crippen molar-refractivity contribution in [2.45, 2.75) is 128 Å². The summed E-state index contributed by atoms with van der Waals surface area (Å²) in [6, 6.07) is 3.19. The van der Waals surface area contributed by atoms with E-state index in [1.54, 1.807) is 58.9 Å². The number of aliphatic hydroxyl groups excluding tert-OH is 2. The fourth-order valence-corrected chi connectivity index (χ4v) is 7.93. The first-order valence-electron chi connectivity index (χ1n) is 19.0. The molecule has 4 aliphatic heterocycles. The number of hydrogen-bond donors (Lipinski definition) is 4. The number of esters is 4. The molecule has 5 aliphatic rings. The summed E-state index contributed by atoms with van der Waals surface area (Å²) in [6.07, 6.45) is -3.39. The second-order valence-corrected chi connectivity index (χ2v) is 16.8. The number of rotatable bonds is 14. The van der Waals surface area contributed by atoms with Gasteiger partial charge in [0, 0.05) is 24.3 Å². The molecule has 0 aromatic heterocycles. The molecule has 10 unspecified atom stereocenters. The van der Waals surface area contributed by atoms with Crippen LogP contribution in [0.5, 0.6) is 0 Å². The van der Waals surface area contributed by atoms with E-state index in [1.165, 1.54) is 24.1 Å². The van der Waals surface area contributed by atoms with Crippen LogP contribution in [0.3, 0.4) is 0 Å². The Morgan fingerprint density at radius 1 is 1.09 bits per heavy atom. The van der Waals surface area contributed by atoms with Crippen molar-refractivity contribution in [3.63, 3.8) is 0 Å². The minimum atomic E-state index is -1.66. The summed E-state index contributed by atoms with van der Waals surface area (Å²) in [5.41, 5.74) is -1.85. The zero-order valence-corrected chi connectivity index (χ0v) is 32.8. The highest BCUT2D eigenvalue weighted by Crippen LogP contribution is 2.55. The first kappa shape index (κ1) is 42.2. The van der Waals surface area contributed by atoms with Gasteiger partial charge in [0.25, 0.3) is 0 Å². The highest BCUT2D eigenvalue weighted by molar-refractivity contribution is 5.96. The Hall–Kier alpha value is -4.46. The van der Waals surface area contributed by atoms with Crippen molar-refractivity contribution < 1.29 is 72.2 Å². The SMILES string of the molecule is CC(O)C(NC(=O)C12CC3OC(=O)C1N(Cc1cccc(C=CC(=O)OC4C(=O)OCC4(C)C)c1)OC2C1OCOC31)C(=O)NC(CO)CCC(=O)OC(C)(C)C. The van der Waals surface area contributed by atoms with Gasteiger partial charge in [0.1, 0.15) is 54.9 Å². The molecule has 2 amide bonds. The van der Waals surface area contributed by atoms with Gasteiger partial charge in [-0.1, -0.05) is 38.1 Å². The van der Waals surface area contributed by atoms with Crippen molar-refractivity contribution in [1.82, 2.24) is 15.7 Å². The van der Waals surface area contributed by atoms with Gasteiger partial charge in [0.05, 0.1) is 25.3 Å². The largest absolute Gasteiger partial charge is 0.462 e. The first-order chi connectivity index (χ1) is 26.8. The Morgan fingerprint density at radius 2 is 1.82 bits per heavy atom. The molecule has 0 radical (unpaired) electrons. The maximum Gasteiger partial charge on any atom is 0.348 e. The van der Waals surface area contributed by atoms with Gasteiger partial charge in [0.2, 0.25) is 17.9 Å². The lowest BCUT2D eigenvalue weighted by Gasteiger charge is -2.49. The van der Waals surface area contributed by atoms with Crippen LogP contribution >= 0.6 is 0 Å². The molecule has 5 fully saturated rings. The number of fused-ring (bicyclic) bond motifs is 4. The van der Waals surface area contributed by atoms with Gasteiger partial charge >= 0.3 is 23.9 Å². The number of hydroxylamine groups is 2. The summed E-state index contributed by atoms with van der Waals surface area (Å²) in [4.78, 5) is 85.4. The van der Waals surface area contributed by atoms with Crippen molar-refractivity contribution in [2.24, 2.45) is 10.8 Å². The Balaban J connectivity index is 1.19. The molecule has 1 aromatic rings. The lowest BCUT2D eigenvalue weighted by atomic mass is 9.62. The molecule has 1 aromatic carbocycles. The number of aliphatic hydroxyl groups is 2. The van der Waals surface area contributed by atoms with Crippen molar-refractivity contribution >= 4 is 41.8 Å². The van der Waals surface area contributed by atoms with Crippen LogP contribution in [0.15, 0.2) is 30.3 Å². The van der Waals surface area contributed by atoms with E-state index < -0.39 is 113 Å². The van der Waals surface area contributed by atoms with Crippen molar-refractivity contribution in [3.8, 4) is 0 Å². The lowest BCUT2D eigenvalue weighted by Crippen LogP contribution is -2.71. The normalized spacial score (nSPS) is 30.5. The van der Waals surface area contributed by atoms with Crippen LogP contribution in [0.25, 0.3) is 6.08 Å². The topological polar surface area (TPSA) is 235 Å². The Morgan fingerprint density at radius 3 is 2.49 bits per heavy atom. The second kappa shape index (κ2) is 16.4. The van der Waals surface area contributed by atoms with E-state index in [4.69, 9.17) is 33.3 Å². The van der Waals surface area contributed by atoms with E-state index in [1.807, 2.05) is 0 Å². The molecule has 0 spiro atoms. The first-order valence-corrected chi connectivity index (χ1v) is 19.0. The molecular weight excluding hydrogens is 750 g/mol. The maximum atomic E-state index is 14.6. The summed E-state index contributed by atoms with van der Waals surface area (Å²) in [5, 5.41) is 27.3. The molecule has 4 N–H and O–H groups in total. The lowest BCUT2D eigenvalue weighted by molar-refractivity contribution is -0.201. The zero-order valence-electron chi connectivity index (χ0n) is 32.8. The molecule has 10 atom stereocenters. The Labute approximate surface area is 329 Å². The third-order valence-corrected chi connectivity index (χ3v) is 10.7. The minimum absolute atomic E-state index is 0.0266. The van der Waals surface area contributed by atoms with Gasteiger partial charge < -0.3 is 49.3 Å². The number of nitrogens with zero attached hydrogens (tertiary/aromatic N) is 1. The van der Waals surface area contributed by atoms with Crippen LogP contribution in [0.4, 0.5) is 0 Å². The zero-order chi connectivity index (χ0) is 41.4. The summed E-state index contributed by atoms with van der Waals surface area (Å²) in [5.74, 6) is -4.22. The molecule has 312 valence electrons. The van der Waals surface area contributed by atoms with Crippen LogP contribution in [0.2, 0.25) is 0 Å². The third-order valence-electron chi connectivity index (χ3n) is 10.7. The molecular formula is C39H51N3O15. The van der Waals surface area contributed by atoms with E-state index in [9.17, 15) is 39.0 Å². The van der Waals surface area contributed by atoms with Crippen molar-refractivity contribution in [1.29, 1.82) is 0 Å². The van der Waals surface area contributed by atoms with Crippen LogP contribution in [-0.2, 0) is 68.6 Å². The molecule has 18 nitrogen and oxygen atoms in total. The van der Waals surface area contributed by atoms with Gasteiger partial charge in [-0.2, -0.15) is 5.06 Å². The van der Waals surface area contributed by atoms with Crippen LogP contribution in [0.1, 0.15) is 71.9 Å². The highest BCUT2D eigenvalue weighted by atomic mass is 16.8. The van der Waals surface area contributed by atoms with E-state index in [-0.39, 0.29) is 39.2 Å². The van der Waals surface area contributed by atoms with Gasteiger partial charge in [-0.05, 0) is 51.3 Å². The summed E-state index contributed by atoms with van der Waals surface area (Å²) in [6.45, 7) is 9.41. The van der Waals surface area contributed by atoms with Crippen LogP contribution < -0.4 is 10.6 Å². The number of amides is 2.